The average Bonchev–Trinajstić information content (AvgIpc) is 2.83. The molecule has 3 N–H and O–H groups in total. The summed E-state index contributed by atoms with van der Waals surface area (Å²) in [7, 11) is -3.54. The first-order valence-electron chi connectivity index (χ1n) is 5.49. The van der Waals surface area contributed by atoms with Crippen molar-refractivity contribution in [2.45, 2.75) is 17.7 Å². The standard InChI is InChI=1S/C12H13BrN2O2S2/c1-8-2-3-10(5-11(8)13)15-19(16,17)12-4-9(6-14)7-18-12/h2-5,7,15H,6,14H2,1H3. The molecule has 1 heterocycles. The second-order valence-corrected chi connectivity index (χ2v) is 7.72. The SMILES string of the molecule is Cc1ccc(NS(=O)(=O)c2cc(CN)cs2)cc1Br. The Hall–Kier alpha value is -0.890. The molecule has 2 aromatic rings. The Morgan fingerprint density at radius 3 is 2.68 bits per heavy atom. The average molecular weight is 361 g/mol. The number of aryl methyl sites for hydroxylation is 1. The largest absolute Gasteiger partial charge is 0.326 e. The van der Waals surface area contributed by atoms with Crippen LogP contribution in [-0.2, 0) is 16.6 Å². The summed E-state index contributed by atoms with van der Waals surface area (Å²) in [6.07, 6.45) is 0. The highest BCUT2D eigenvalue weighted by molar-refractivity contribution is 9.10. The molecule has 0 spiro atoms. The Kier molecular flexibility index (Phi) is 4.29. The Morgan fingerprint density at radius 2 is 2.11 bits per heavy atom. The van der Waals surface area contributed by atoms with Crippen LogP contribution >= 0.6 is 27.3 Å². The number of benzene rings is 1. The Balaban J connectivity index is 2.28. The highest BCUT2D eigenvalue weighted by Crippen LogP contribution is 2.25. The highest BCUT2D eigenvalue weighted by Gasteiger charge is 2.16. The van der Waals surface area contributed by atoms with Crippen LogP contribution in [0.1, 0.15) is 11.1 Å². The van der Waals surface area contributed by atoms with E-state index < -0.39 is 10.0 Å². The van der Waals surface area contributed by atoms with Crippen LogP contribution in [-0.4, -0.2) is 8.42 Å². The van der Waals surface area contributed by atoms with Gasteiger partial charge >= 0.3 is 0 Å². The van der Waals surface area contributed by atoms with Gasteiger partial charge in [-0.3, -0.25) is 4.72 Å². The molecule has 0 aliphatic rings. The van der Waals surface area contributed by atoms with Gasteiger partial charge in [-0.15, -0.1) is 11.3 Å². The van der Waals surface area contributed by atoms with Crippen molar-refractivity contribution in [1.82, 2.24) is 0 Å². The van der Waals surface area contributed by atoms with Crippen LogP contribution in [0.3, 0.4) is 0 Å². The number of rotatable bonds is 4. The number of sulfonamides is 1. The number of nitrogens with one attached hydrogen (secondary N) is 1. The van der Waals surface area contributed by atoms with Crippen molar-refractivity contribution < 1.29 is 8.42 Å². The first-order chi connectivity index (χ1) is 8.92. The minimum Gasteiger partial charge on any atom is -0.326 e. The van der Waals surface area contributed by atoms with Crippen LogP contribution in [0.4, 0.5) is 5.69 Å². The topological polar surface area (TPSA) is 72.2 Å². The summed E-state index contributed by atoms with van der Waals surface area (Å²) < 4.78 is 28.0. The quantitative estimate of drug-likeness (QED) is 0.879. The van der Waals surface area contributed by atoms with E-state index in [4.69, 9.17) is 5.73 Å². The van der Waals surface area contributed by atoms with Crippen LogP contribution < -0.4 is 10.5 Å². The maximum absolute atomic E-state index is 12.2. The van der Waals surface area contributed by atoms with Gasteiger partial charge in [-0.2, -0.15) is 0 Å². The molecule has 19 heavy (non-hydrogen) atoms. The van der Waals surface area contributed by atoms with Crippen molar-refractivity contribution in [2.75, 3.05) is 4.72 Å². The van der Waals surface area contributed by atoms with Crippen molar-refractivity contribution in [3.63, 3.8) is 0 Å². The number of thiophene rings is 1. The number of halogens is 1. The molecule has 0 radical (unpaired) electrons. The first kappa shape index (κ1) is 14.5. The molecule has 1 aromatic carbocycles. The molecule has 0 amide bonds. The van der Waals surface area contributed by atoms with Gasteiger partial charge in [0.1, 0.15) is 4.21 Å². The van der Waals surface area contributed by atoms with Crippen molar-refractivity contribution in [1.29, 1.82) is 0 Å². The van der Waals surface area contributed by atoms with Gasteiger partial charge in [0.05, 0.1) is 0 Å². The number of anilines is 1. The smallest absolute Gasteiger partial charge is 0.271 e. The molecule has 4 nitrogen and oxygen atoms in total. The van der Waals surface area contributed by atoms with E-state index in [-0.39, 0.29) is 4.21 Å². The number of nitrogens with two attached hydrogens (primary N) is 1. The third-order valence-electron chi connectivity index (χ3n) is 2.55. The summed E-state index contributed by atoms with van der Waals surface area (Å²) in [6, 6.07) is 6.91. The summed E-state index contributed by atoms with van der Waals surface area (Å²) in [5, 5.41) is 1.75. The normalized spacial score (nSPS) is 11.5. The lowest BCUT2D eigenvalue weighted by Crippen LogP contribution is -2.11. The lowest BCUT2D eigenvalue weighted by Gasteiger charge is -2.07. The van der Waals surface area contributed by atoms with Crippen molar-refractivity contribution >= 4 is 43.0 Å². The zero-order chi connectivity index (χ0) is 14.0. The van der Waals surface area contributed by atoms with Crippen LogP contribution in [0.25, 0.3) is 0 Å². The Labute approximate surface area is 124 Å². The summed E-state index contributed by atoms with van der Waals surface area (Å²) in [4.78, 5) is 0. The van der Waals surface area contributed by atoms with Crippen molar-refractivity contribution in [2.24, 2.45) is 5.73 Å². The molecule has 0 bridgehead atoms. The predicted octanol–water partition coefficient (Wildman–Crippen LogP) is 3.08. The van der Waals surface area contributed by atoms with Gasteiger partial charge in [0.15, 0.2) is 0 Å². The second-order valence-electron chi connectivity index (χ2n) is 4.05. The molecule has 0 saturated heterocycles. The molecule has 0 atom stereocenters. The molecule has 0 unspecified atom stereocenters. The van der Waals surface area contributed by atoms with Crippen LogP contribution in [0.5, 0.6) is 0 Å². The Morgan fingerprint density at radius 1 is 1.37 bits per heavy atom. The van der Waals surface area contributed by atoms with E-state index in [0.29, 0.717) is 12.2 Å². The number of hydrogen-bond donors (Lipinski definition) is 2. The summed E-state index contributed by atoms with van der Waals surface area (Å²) in [5.41, 5.74) is 7.87. The molecule has 2 rings (SSSR count). The van der Waals surface area contributed by atoms with Gasteiger partial charge in [0.25, 0.3) is 10.0 Å². The van der Waals surface area contributed by atoms with E-state index in [9.17, 15) is 8.42 Å². The van der Waals surface area contributed by atoms with Gasteiger partial charge in [0, 0.05) is 16.7 Å². The molecule has 0 aliphatic carbocycles. The lowest BCUT2D eigenvalue weighted by atomic mass is 10.2. The second kappa shape index (κ2) is 5.62. The predicted molar refractivity (Wildman–Crippen MR) is 81.9 cm³/mol. The van der Waals surface area contributed by atoms with Crippen molar-refractivity contribution in [3.8, 4) is 0 Å². The third kappa shape index (κ3) is 3.36. The molecular formula is C12H13BrN2O2S2. The fraction of sp³-hybridized carbons (Fsp3) is 0.167. The van der Waals surface area contributed by atoms with Crippen molar-refractivity contribution in [3.05, 3.63) is 45.2 Å². The summed E-state index contributed by atoms with van der Waals surface area (Å²) >= 11 is 4.54. The minimum atomic E-state index is -3.54. The molecule has 7 heteroatoms. The van der Waals surface area contributed by atoms with E-state index >= 15 is 0 Å². The molecule has 0 saturated carbocycles. The van der Waals surface area contributed by atoms with E-state index in [1.54, 1.807) is 23.6 Å². The maximum Gasteiger partial charge on any atom is 0.271 e. The highest BCUT2D eigenvalue weighted by atomic mass is 79.9. The van der Waals surface area contributed by atoms with E-state index in [1.807, 2.05) is 13.0 Å². The van der Waals surface area contributed by atoms with E-state index in [2.05, 4.69) is 20.7 Å². The molecule has 0 aliphatic heterocycles. The fourth-order valence-electron chi connectivity index (χ4n) is 1.46. The molecule has 0 fully saturated rings. The zero-order valence-electron chi connectivity index (χ0n) is 10.2. The van der Waals surface area contributed by atoms with Crippen LogP contribution in [0, 0.1) is 6.92 Å². The molecular weight excluding hydrogens is 348 g/mol. The molecule has 1 aromatic heterocycles. The minimum absolute atomic E-state index is 0.268. The van der Waals surface area contributed by atoms with Crippen LogP contribution in [0.15, 0.2) is 38.3 Å². The van der Waals surface area contributed by atoms with Gasteiger partial charge < -0.3 is 5.73 Å². The van der Waals surface area contributed by atoms with Gasteiger partial charge in [-0.25, -0.2) is 8.42 Å². The van der Waals surface area contributed by atoms with E-state index in [0.717, 1.165) is 15.6 Å². The van der Waals surface area contributed by atoms with Gasteiger partial charge in [-0.1, -0.05) is 22.0 Å². The van der Waals surface area contributed by atoms with Crippen LogP contribution in [0.2, 0.25) is 0 Å². The number of hydrogen-bond acceptors (Lipinski definition) is 4. The third-order valence-corrected chi connectivity index (χ3v) is 6.28. The molecule has 102 valence electrons. The van der Waals surface area contributed by atoms with E-state index in [1.165, 1.54) is 11.3 Å². The maximum atomic E-state index is 12.2. The Bertz CT molecular complexity index is 696. The first-order valence-corrected chi connectivity index (χ1v) is 8.64. The van der Waals surface area contributed by atoms with Gasteiger partial charge in [-0.05, 0) is 41.6 Å². The van der Waals surface area contributed by atoms with Gasteiger partial charge in [0.2, 0.25) is 0 Å². The monoisotopic (exact) mass is 360 g/mol. The summed E-state index contributed by atoms with van der Waals surface area (Å²) in [5.74, 6) is 0. The fourth-order valence-corrected chi connectivity index (χ4v) is 4.11. The zero-order valence-corrected chi connectivity index (χ0v) is 13.4. The lowest BCUT2D eigenvalue weighted by molar-refractivity contribution is 0.603. The summed E-state index contributed by atoms with van der Waals surface area (Å²) in [6.45, 7) is 2.28.